The van der Waals surface area contributed by atoms with Gasteiger partial charge in [-0.1, -0.05) is 0 Å². The minimum Gasteiger partial charge on any atom is -0.454 e. The number of hydrogen-bond donors (Lipinski definition) is 2. The number of aliphatic hydroxyl groups is 2. The quantitative estimate of drug-likeness (QED) is 0.746. The molecule has 2 aliphatic heterocycles. The zero-order chi connectivity index (χ0) is 18.4. The highest BCUT2D eigenvalue weighted by atomic mass is 16.7. The Kier molecular flexibility index (Phi) is 4.52. The molecule has 2 heterocycles. The SMILES string of the molecule is COC(OC)C(=O)N1Cc2cc3c(cc2[C@H]2C[C@@H](O)[C@@H](O)C[C@@H]21)OCO3. The van der Waals surface area contributed by atoms with Crippen LogP contribution >= 0.6 is 0 Å². The Hall–Kier alpha value is -1.87. The fourth-order valence-electron chi connectivity index (χ4n) is 4.28. The second kappa shape index (κ2) is 6.70. The van der Waals surface area contributed by atoms with E-state index < -0.39 is 18.5 Å². The fraction of sp³-hybridized carbons (Fsp3) is 0.611. The molecular weight excluding hydrogens is 342 g/mol. The Morgan fingerprint density at radius 2 is 1.81 bits per heavy atom. The number of methoxy groups -OCH3 is 2. The monoisotopic (exact) mass is 365 g/mol. The summed E-state index contributed by atoms with van der Waals surface area (Å²) in [5.74, 6) is 0.928. The highest BCUT2D eigenvalue weighted by molar-refractivity contribution is 5.80. The van der Waals surface area contributed by atoms with Crippen molar-refractivity contribution in [2.24, 2.45) is 0 Å². The Morgan fingerprint density at radius 3 is 2.50 bits per heavy atom. The van der Waals surface area contributed by atoms with E-state index in [0.717, 1.165) is 11.1 Å². The van der Waals surface area contributed by atoms with E-state index in [1.807, 2.05) is 12.1 Å². The summed E-state index contributed by atoms with van der Waals surface area (Å²) in [4.78, 5) is 14.6. The van der Waals surface area contributed by atoms with Gasteiger partial charge in [0.25, 0.3) is 5.91 Å². The van der Waals surface area contributed by atoms with Gasteiger partial charge in [0.05, 0.1) is 12.2 Å². The van der Waals surface area contributed by atoms with Crippen LogP contribution in [-0.2, 0) is 20.8 Å². The van der Waals surface area contributed by atoms with Crippen molar-refractivity contribution in [2.45, 2.75) is 49.8 Å². The number of ether oxygens (including phenoxy) is 4. The van der Waals surface area contributed by atoms with Crippen LogP contribution in [0.3, 0.4) is 0 Å². The van der Waals surface area contributed by atoms with Crippen molar-refractivity contribution in [3.05, 3.63) is 23.3 Å². The highest BCUT2D eigenvalue weighted by Crippen LogP contribution is 2.46. The lowest BCUT2D eigenvalue weighted by molar-refractivity contribution is -0.177. The van der Waals surface area contributed by atoms with E-state index >= 15 is 0 Å². The average Bonchev–Trinajstić information content (AvgIpc) is 3.09. The van der Waals surface area contributed by atoms with Crippen molar-refractivity contribution in [3.63, 3.8) is 0 Å². The first-order chi connectivity index (χ1) is 12.5. The highest BCUT2D eigenvalue weighted by Gasteiger charge is 2.46. The van der Waals surface area contributed by atoms with Gasteiger partial charge in [0.1, 0.15) is 0 Å². The predicted molar refractivity (Wildman–Crippen MR) is 88.7 cm³/mol. The van der Waals surface area contributed by atoms with Gasteiger partial charge in [-0.05, 0) is 36.1 Å². The molecule has 8 heteroatoms. The topological polar surface area (TPSA) is 97.7 Å². The van der Waals surface area contributed by atoms with E-state index in [9.17, 15) is 15.0 Å². The zero-order valence-electron chi connectivity index (χ0n) is 14.8. The Balaban J connectivity index is 1.74. The molecule has 1 saturated carbocycles. The molecule has 0 radical (unpaired) electrons. The molecule has 1 aromatic rings. The van der Waals surface area contributed by atoms with Gasteiger partial charge in [-0.3, -0.25) is 4.79 Å². The van der Waals surface area contributed by atoms with E-state index in [-0.39, 0.29) is 24.7 Å². The van der Waals surface area contributed by atoms with Crippen LogP contribution in [-0.4, -0.2) is 66.6 Å². The van der Waals surface area contributed by atoms with Gasteiger partial charge in [0.15, 0.2) is 11.5 Å². The number of hydrogen-bond acceptors (Lipinski definition) is 7. The number of rotatable bonds is 3. The largest absolute Gasteiger partial charge is 0.454 e. The maximum absolute atomic E-state index is 12.9. The molecule has 1 amide bonds. The summed E-state index contributed by atoms with van der Waals surface area (Å²) >= 11 is 0. The summed E-state index contributed by atoms with van der Waals surface area (Å²) in [6.45, 7) is 0.531. The summed E-state index contributed by atoms with van der Waals surface area (Å²) in [5.41, 5.74) is 1.97. The number of nitrogens with zero attached hydrogens (tertiary/aromatic N) is 1. The molecule has 0 saturated heterocycles. The molecule has 26 heavy (non-hydrogen) atoms. The number of carbonyl (C=O) groups is 1. The first-order valence-corrected chi connectivity index (χ1v) is 8.68. The van der Waals surface area contributed by atoms with E-state index in [0.29, 0.717) is 30.9 Å². The van der Waals surface area contributed by atoms with Gasteiger partial charge in [-0.15, -0.1) is 0 Å². The van der Waals surface area contributed by atoms with Crippen LogP contribution in [0.2, 0.25) is 0 Å². The van der Waals surface area contributed by atoms with Gasteiger partial charge in [-0.25, -0.2) is 0 Å². The molecule has 2 N–H and O–H groups in total. The molecule has 4 rings (SSSR count). The maximum Gasteiger partial charge on any atom is 0.280 e. The summed E-state index contributed by atoms with van der Waals surface area (Å²) < 4.78 is 21.2. The van der Waals surface area contributed by atoms with Crippen LogP contribution in [0, 0.1) is 0 Å². The second-order valence-corrected chi connectivity index (χ2v) is 6.95. The third-order valence-corrected chi connectivity index (χ3v) is 5.57. The Morgan fingerprint density at radius 1 is 1.15 bits per heavy atom. The number of fused-ring (bicyclic) bond motifs is 4. The molecule has 0 aromatic heterocycles. The third-order valence-electron chi connectivity index (χ3n) is 5.57. The first-order valence-electron chi connectivity index (χ1n) is 8.68. The van der Waals surface area contributed by atoms with Crippen molar-refractivity contribution >= 4 is 5.91 Å². The van der Waals surface area contributed by atoms with Gasteiger partial charge in [0, 0.05) is 32.7 Å². The molecule has 3 aliphatic rings. The molecule has 0 unspecified atom stereocenters. The molecular formula is C18H23NO7. The molecule has 1 aromatic carbocycles. The zero-order valence-corrected chi connectivity index (χ0v) is 14.8. The molecule has 0 spiro atoms. The summed E-state index contributed by atoms with van der Waals surface area (Å²) in [6.07, 6.45) is -2.04. The molecule has 1 fully saturated rings. The third kappa shape index (κ3) is 2.73. The van der Waals surface area contributed by atoms with Crippen LogP contribution in [0.15, 0.2) is 12.1 Å². The van der Waals surface area contributed by atoms with Crippen molar-refractivity contribution in [2.75, 3.05) is 21.0 Å². The van der Waals surface area contributed by atoms with E-state index in [4.69, 9.17) is 18.9 Å². The summed E-state index contributed by atoms with van der Waals surface area (Å²) in [6, 6.07) is 3.58. The molecule has 142 valence electrons. The fourth-order valence-corrected chi connectivity index (χ4v) is 4.28. The van der Waals surface area contributed by atoms with Crippen LogP contribution < -0.4 is 9.47 Å². The van der Waals surface area contributed by atoms with Crippen LogP contribution in [0.5, 0.6) is 11.5 Å². The second-order valence-electron chi connectivity index (χ2n) is 6.95. The molecule has 4 atom stereocenters. The van der Waals surface area contributed by atoms with Crippen LogP contribution in [0.1, 0.15) is 29.9 Å². The van der Waals surface area contributed by atoms with Crippen molar-refractivity contribution in [1.82, 2.24) is 4.90 Å². The minimum atomic E-state index is -1.00. The van der Waals surface area contributed by atoms with Gasteiger partial charge < -0.3 is 34.1 Å². The van der Waals surface area contributed by atoms with E-state index in [1.54, 1.807) is 4.90 Å². The maximum atomic E-state index is 12.9. The van der Waals surface area contributed by atoms with Gasteiger partial charge >= 0.3 is 0 Å². The van der Waals surface area contributed by atoms with E-state index in [1.165, 1.54) is 14.2 Å². The first kappa shape index (κ1) is 17.5. The molecule has 8 nitrogen and oxygen atoms in total. The summed E-state index contributed by atoms with van der Waals surface area (Å²) in [7, 11) is 2.83. The molecule has 1 aliphatic carbocycles. The van der Waals surface area contributed by atoms with Crippen molar-refractivity contribution < 1.29 is 34.0 Å². The number of benzene rings is 1. The number of amides is 1. The Bertz CT molecular complexity index is 705. The predicted octanol–water partition coefficient (Wildman–Crippen LogP) is 0.344. The minimum absolute atomic E-state index is 0.107. The Labute approximate surface area is 151 Å². The lowest BCUT2D eigenvalue weighted by Crippen LogP contribution is -2.56. The van der Waals surface area contributed by atoms with Crippen LogP contribution in [0.25, 0.3) is 0 Å². The smallest absolute Gasteiger partial charge is 0.280 e. The summed E-state index contributed by atoms with van der Waals surface area (Å²) in [5, 5.41) is 20.4. The number of aliphatic hydroxyl groups excluding tert-OH is 2. The number of carbonyl (C=O) groups excluding carboxylic acids is 1. The standard InChI is InChI=1S/C18H23NO7/c1-23-18(24-2)17(22)19-7-9-3-15-16(26-8-25-15)5-10(9)11-4-13(20)14(21)6-12(11)19/h3,5,11-14,18,20-21H,4,6-8H2,1-2H3/t11-,12+,13-,14+/m1/s1. The van der Waals surface area contributed by atoms with Crippen molar-refractivity contribution in [1.29, 1.82) is 0 Å². The van der Waals surface area contributed by atoms with Crippen LogP contribution in [0.4, 0.5) is 0 Å². The lowest BCUT2D eigenvalue weighted by Gasteiger charge is -2.48. The lowest BCUT2D eigenvalue weighted by atomic mass is 9.72. The molecule has 0 bridgehead atoms. The van der Waals surface area contributed by atoms with Gasteiger partial charge in [-0.2, -0.15) is 0 Å². The normalized spacial score (nSPS) is 29.5. The van der Waals surface area contributed by atoms with E-state index in [2.05, 4.69) is 0 Å². The van der Waals surface area contributed by atoms with Crippen molar-refractivity contribution in [3.8, 4) is 11.5 Å². The van der Waals surface area contributed by atoms with Gasteiger partial charge in [0.2, 0.25) is 13.1 Å². The average molecular weight is 365 g/mol.